The zero-order valence-corrected chi connectivity index (χ0v) is 14.0. The number of aromatic nitrogens is 4. The Balaban J connectivity index is 1.69. The molecular formula is C13H13N11O4. The van der Waals surface area contributed by atoms with Crippen molar-refractivity contribution in [2.45, 2.75) is 0 Å². The Morgan fingerprint density at radius 3 is 2.61 bits per heavy atom. The molecule has 3 aromatic rings. The summed E-state index contributed by atoms with van der Waals surface area (Å²) in [7, 11) is 0. The van der Waals surface area contributed by atoms with Crippen molar-refractivity contribution in [3.05, 3.63) is 29.8 Å². The van der Waals surface area contributed by atoms with Gasteiger partial charge in [-0.05, 0) is 32.8 Å². The van der Waals surface area contributed by atoms with Gasteiger partial charge in [0.2, 0.25) is 17.5 Å². The number of hydrogen-bond donors (Lipinski definition) is 4. The van der Waals surface area contributed by atoms with Gasteiger partial charge < -0.3 is 16.6 Å². The first-order valence-electron chi connectivity index (χ1n) is 7.49. The van der Waals surface area contributed by atoms with Crippen molar-refractivity contribution in [2.75, 3.05) is 23.0 Å². The van der Waals surface area contributed by atoms with Gasteiger partial charge in [-0.2, -0.15) is 5.10 Å². The van der Waals surface area contributed by atoms with Gasteiger partial charge in [0.05, 0.1) is 6.21 Å². The van der Waals surface area contributed by atoms with Crippen LogP contribution in [0.1, 0.15) is 5.56 Å². The van der Waals surface area contributed by atoms with Gasteiger partial charge in [-0.1, -0.05) is 17.4 Å². The maximum absolute atomic E-state index is 12.1. The number of phenols is 1. The van der Waals surface area contributed by atoms with Gasteiger partial charge in [-0.25, -0.2) is 19.7 Å². The van der Waals surface area contributed by atoms with Crippen LogP contribution >= 0.6 is 0 Å². The third-order valence-electron chi connectivity index (χ3n) is 3.11. The van der Waals surface area contributed by atoms with Crippen LogP contribution in [0, 0.1) is 0 Å². The lowest BCUT2D eigenvalue weighted by atomic mass is 10.2. The quantitative estimate of drug-likeness (QED) is 0.239. The summed E-state index contributed by atoms with van der Waals surface area (Å²) in [6.45, 7) is -0.411. The predicted octanol–water partition coefficient (Wildman–Crippen LogP) is -0.0218. The largest absolute Gasteiger partial charge is 0.507 e. The first kappa shape index (κ1) is 18.2. The molecule has 0 aliphatic carbocycles. The highest BCUT2D eigenvalue weighted by Crippen LogP contribution is 2.21. The van der Waals surface area contributed by atoms with E-state index >= 15 is 0 Å². The molecule has 1 aromatic carbocycles. The molecule has 0 radical (unpaired) electrons. The van der Waals surface area contributed by atoms with Gasteiger partial charge in [-0.15, -0.1) is 5.11 Å². The minimum Gasteiger partial charge on any atom is -0.507 e. The van der Waals surface area contributed by atoms with Crippen LogP contribution in [0.5, 0.6) is 5.75 Å². The summed E-state index contributed by atoms with van der Waals surface area (Å²) in [4.78, 5) is 12.1. The summed E-state index contributed by atoms with van der Waals surface area (Å²) < 4.78 is 8.88. The number of anilines is 3. The predicted molar refractivity (Wildman–Crippen MR) is 93.1 cm³/mol. The van der Waals surface area contributed by atoms with E-state index in [1.807, 2.05) is 0 Å². The Morgan fingerprint density at radius 2 is 1.93 bits per heavy atom. The molecule has 6 N–H and O–H groups in total. The molecule has 0 bridgehead atoms. The van der Waals surface area contributed by atoms with Crippen molar-refractivity contribution < 1.29 is 19.2 Å². The normalized spacial score (nSPS) is 11.3. The van der Waals surface area contributed by atoms with Crippen LogP contribution in [-0.4, -0.2) is 44.4 Å². The molecule has 0 fully saturated rings. The zero-order valence-electron chi connectivity index (χ0n) is 14.0. The lowest BCUT2D eigenvalue weighted by molar-refractivity contribution is -0.119. The van der Waals surface area contributed by atoms with Crippen LogP contribution in [0.25, 0.3) is 0 Å². The molecule has 15 heteroatoms. The Kier molecular flexibility index (Phi) is 5.35. The van der Waals surface area contributed by atoms with Gasteiger partial charge in [0, 0.05) is 5.56 Å². The minimum atomic E-state index is -0.612. The topological polar surface area (TPSA) is 220 Å². The second-order valence-corrected chi connectivity index (χ2v) is 5.05. The van der Waals surface area contributed by atoms with Crippen molar-refractivity contribution in [1.82, 2.24) is 26.1 Å². The van der Waals surface area contributed by atoms with E-state index in [-0.39, 0.29) is 29.0 Å². The SMILES string of the molecule is Nc1nonc1N=NN(CC(=O)N/N=C/c1ccccc1O)c1nonc1N. The van der Waals surface area contributed by atoms with Crippen LogP contribution < -0.4 is 21.9 Å². The second-order valence-electron chi connectivity index (χ2n) is 5.05. The lowest BCUT2D eigenvalue weighted by Crippen LogP contribution is -2.32. The van der Waals surface area contributed by atoms with Crippen LogP contribution in [-0.2, 0) is 4.79 Å². The Bertz CT molecular complexity index is 1010. The molecule has 0 unspecified atom stereocenters. The number of carbonyl (C=O) groups is 1. The average molecular weight is 387 g/mol. The van der Waals surface area contributed by atoms with Gasteiger partial charge in [0.15, 0.2) is 0 Å². The number of amides is 1. The smallest absolute Gasteiger partial charge is 0.263 e. The molecule has 2 heterocycles. The van der Waals surface area contributed by atoms with E-state index in [0.29, 0.717) is 5.56 Å². The third kappa shape index (κ3) is 4.34. The van der Waals surface area contributed by atoms with Crippen LogP contribution in [0.4, 0.5) is 23.3 Å². The van der Waals surface area contributed by atoms with E-state index in [4.69, 9.17) is 11.5 Å². The minimum absolute atomic E-state index is 0.0104. The fourth-order valence-electron chi connectivity index (χ4n) is 1.82. The fraction of sp³-hybridized carbons (Fsp3) is 0.0769. The molecule has 2 aromatic heterocycles. The molecular weight excluding hydrogens is 374 g/mol. The molecule has 144 valence electrons. The Morgan fingerprint density at radius 1 is 1.18 bits per heavy atom. The van der Waals surface area contributed by atoms with Crippen molar-refractivity contribution in [3.8, 4) is 5.75 Å². The van der Waals surface area contributed by atoms with Gasteiger partial charge >= 0.3 is 0 Å². The summed E-state index contributed by atoms with van der Waals surface area (Å²) >= 11 is 0. The highest BCUT2D eigenvalue weighted by molar-refractivity contribution is 5.86. The number of phenolic OH excluding ortho intramolecular Hbond substituents is 1. The molecule has 15 nitrogen and oxygen atoms in total. The van der Waals surface area contributed by atoms with Crippen LogP contribution in [0.2, 0.25) is 0 Å². The summed E-state index contributed by atoms with van der Waals surface area (Å²) in [6.07, 6.45) is 1.27. The number of nitrogens with one attached hydrogen (secondary N) is 1. The van der Waals surface area contributed by atoms with E-state index in [1.165, 1.54) is 12.3 Å². The fourth-order valence-corrected chi connectivity index (χ4v) is 1.82. The number of aromatic hydroxyl groups is 1. The van der Waals surface area contributed by atoms with E-state index in [1.54, 1.807) is 18.2 Å². The number of hydrazone groups is 1. The van der Waals surface area contributed by atoms with Gasteiger partial charge in [-0.3, -0.25) is 4.79 Å². The van der Waals surface area contributed by atoms with Gasteiger partial charge in [0.25, 0.3) is 11.7 Å². The average Bonchev–Trinajstić information content (AvgIpc) is 3.28. The molecule has 28 heavy (non-hydrogen) atoms. The van der Waals surface area contributed by atoms with E-state index in [9.17, 15) is 9.90 Å². The zero-order chi connectivity index (χ0) is 19.9. The summed E-state index contributed by atoms with van der Waals surface area (Å²) in [5, 5.41) is 35.6. The molecule has 0 spiro atoms. The molecule has 0 atom stereocenters. The standard InChI is InChI=1S/C13H13N11O4/c14-10-12(21-27-19-10)18-23-24(13-11(15)20-28-22-13)6-9(26)17-16-5-7-3-1-2-4-8(7)25/h1-5,25H,6H2,(H2,14,19)(H2,15,20)(H,17,26)/b16-5+,23-18?. The van der Waals surface area contributed by atoms with Crippen molar-refractivity contribution in [1.29, 1.82) is 0 Å². The first-order valence-corrected chi connectivity index (χ1v) is 7.49. The Hall–Kier alpha value is -4.56. The molecule has 0 aliphatic rings. The van der Waals surface area contributed by atoms with Gasteiger partial charge in [0.1, 0.15) is 12.3 Å². The lowest BCUT2D eigenvalue weighted by Gasteiger charge is -2.12. The monoisotopic (exact) mass is 387 g/mol. The molecule has 3 rings (SSSR count). The number of nitrogens with two attached hydrogens (primary N) is 2. The number of benzene rings is 1. The maximum atomic E-state index is 12.1. The number of hydrogen-bond acceptors (Lipinski definition) is 13. The van der Waals surface area contributed by atoms with Crippen LogP contribution in [0.15, 0.2) is 49.0 Å². The summed E-state index contributed by atoms with van der Waals surface area (Å²) in [6, 6.07) is 6.46. The number of carbonyl (C=O) groups excluding carboxylic acids is 1. The number of nitrogens with zero attached hydrogens (tertiary/aromatic N) is 8. The van der Waals surface area contributed by atoms with E-state index in [2.05, 4.69) is 50.7 Å². The number of rotatable bonds is 7. The first-order chi connectivity index (χ1) is 13.5. The highest BCUT2D eigenvalue weighted by Gasteiger charge is 2.19. The molecule has 1 amide bonds. The molecule has 0 saturated carbocycles. The number of para-hydroxylation sites is 1. The highest BCUT2D eigenvalue weighted by atomic mass is 16.6. The van der Waals surface area contributed by atoms with Crippen molar-refractivity contribution in [2.24, 2.45) is 15.4 Å². The molecule has 0 saturated heterocycles. The summed E-state index contributed by atoms with van der Waals surface area (Å²) in [5.74, 6) is -1.02. The second kappa shape index (κ2) is 8.21. The molecule has 0 aliphatic heterocycles. The summed E-state index contributed by atoms with van der Waals surface area (Å²) in [5.41, 5.74) is 13.8. The van der Waals surface area contributed by atoms with Crippen molar-refractivity contribution in [3.63, 3.8) is 0 Å². The van der Waals surface area contributed by atoms with Crippen molar-refractivity contribution >= 4 is 35.4 Å². The number of nitrogen functional groups attached to an aromatic ring is 2. The Labute approximate surface area is 155 Å². The van der Waals surface area contributed by atoms with E-state index in [0.717, 1.165) is 5.01 Å². The van der Waals surface area contributed by atoms with E-state index < -0.39 is 12.5 Å². The maximum Gasteiger partial charge on any atom is 0.263 e. The van der Waals surface area contributed by atoms with Crippen LogP contribution in [0.3, 0.4) is 0 Å². The third-order valence-corrected chi connectivity index (χ3v) is 3.11.